The third kappa shape index (κ3) is 1.80. The number of carbonyl (C=O) groups is 2. The highest BCUT2D eigenvalue weighted by molar-refractivity contribution is 6.20. The molecule has 5 heteroatoms. The second-order valence-electron chi connectivity index (χ2n) is 4.54. The van der Waals surface area contributed by atoms with E-state index < -0.39 is 6.04 Å². The number of benzene rings is 1. The van der Waals surface area contributed by atoms with Crippen LogP contribution < -0.4 is 5.73 Å². The average Bonchev–Trinajstić information content (AvgIpc) is 2.75. The number of aromatic nitrogens is 1. The molecule has 2 N–H and O–H groups in total. The van der Waals surface area contributed by atoms with E-state index in [-0.39, 0.29) is 24.1 Å². The molecule has 100 valence electrons. The second kappa shape index (κ2) is 4.86. The molecule has 1 aromatic carbocycles. The molecule has 3 rings (SSSR count). The topological polar surface area (TPSA) is 76.3 Å². The Kier molecular flexibility index (Phi) is 3.04. The number of hydrogen-bond donors (Lipinski definition) is 1. The number of pyridine rings is 1. The molecule has 0 radical (unpaired) electrons. The number of fused-ring (bicyclic) bond motifs is 1. The van der Waals surface area contributed by atoms with E-state index in [1.807, 2.05) is 30.3 Å². The minimum atomic E-state index is -0.467. The molecule has 2 amide bonds. The van der Waals surface area contributed by atoms with Crippen LogP contribution >= 0.6 is 0 Å². The molecule has 0 fully saturated rings. The van der Waals surface area contributed by atoms with Crippen molar-refractivity contribution in [2.45, 2.75) is 6.04 Å². The largest absolute Gasteiger partial charge is 0.328 e. The van der Waals surface area contributed by atoms with Gasteiger partial charge in [-0.15, -0.1) is 0 Å². The molecule has 20 heavy (non-hydrogen) atoms. The summed E-state index contributed by atoms with van der Waals surface area (Å²) < 4.78 is 0. The van der Waals surface area contributed by atoms with Crippen LogP contribution in [0.1, 0.15) is 32.5 Å². The predicted molar refractivity (Wildman–Crippen MR) is 73.0 cm³/mol. The number of amides is 2. The number of nitrogens with zero attached hydrogens (tertiary/aromatic N) is 2. The standard InChI is InChI=1S/C15H13N3O2/c16-9-12(10-5-2-1-3-6-10)18-14(19)11-7-4-8-17-13(11)15(18)20/h1-8,12H,9,16H2. The van der Waals surface area contributed by atoms with Gasteiger partial charge in [-0.1, -0.05) is 30.3 Å². The first-order valence-electron chi connectivity index (χ1n) is 6.32. The van der Waals surface area contributed by atoms with Gasteiger partial charge in [0, 0.05) is 12.7 Å². The van der Waals surface area contributed by atoms with Crippen LogP contribution in [-0.2, 0) is 0 Å². The summed E-state index contributed by atoms with van der Waals surface area (Å²) in [4.78, 5) is 30.0. The lowest BCUT2D eigenvalue weighted by atomic mass is 10.1. The summed E-state index contributed by atoms with van der Waals surface area (Å²) in [6, 6.07) is 12.1. The van der Waals surface area contributed by atoms with Crippen molar-refractivity contribution >= 4 is 11.8 Å². The monoisotopic (exact) mass is 267 g/mol. The van der Waals surface area contributed by atoms with E-state index in [1.165, 1.54) is 11.1 Å². The normalized spacial score (nSPS) is 15.3. The maximum absolute atomic E-state index is 12.4. The Morgan fingerprint density at radius 1 is 1.05 bits per heavy atom. The Morgan fingerprint density at radius 2 is 1.80 bits per heavy atom. The Hall–Kier alpha value is -2.53. The van der Waals surface area contributed by atoms with E-state index in [0.29, 0.717) is 5.56 Å². The van der Waals surface area contributed by atoms with Gasteiger partial charge in [0.05, 0.1) is 11.6 Å². The summed E-state index contributed by atoms with van der Waals surface area (Å²) in [6.07, 6.45) is 1.51. The number of hydrogen-bond acceptors (Lipinski definition) is 4. The highest BCUT2D eigenvalue weighted by Gasteiger charge is 2.40. The van der Waals surface area contributed by atoms with Gasteiger partial charge in [0.1, 0.15) is 5.69 Å². The van der Waals surface area contributed by atoms with E-state index in [4.69, 9.17) is 5.73 Å². The number of imide groups is 1. The Morgan fingerprint density at radius 3 is 2.45 bits per heavy atom. The van der Waals surface area contributed by atoms with E-state index >= 15 is 0 Å². The Bertz CT molecular complexity index is 635. The molecule has 1 atom stereocenters. The summed E-state index contributed by atoms with van der Waals surface area (Å²) in [5.41, 5.74) is 7.16. The van der Waals surface area contributed by atoms with Crippen LogP contribution in [0, 0.1) is 0 Å². The zero-order valence-corrected chi connectivity index (χ0v) is 10.7. The van der Waals surface area contributed by atoms with Gasteiger partial charge in [0.15, 0.2) is 0 Å². The molecular weight excluding hydrogens is 254 g/mol. The van der Waals surface area contributed by atoms with E-state index in [0.717, 1.165) is 5.56 Å². The van der Waals surface area contributed by atoms with Gasteiger partial charge >= 0.3 is 0 Å². The van der Waals surface area contributed by atoms with Crippen LogP contribution in [0.25, 0.3) is 0 Å². The lowest BCUT2D eigenvalue weighted by Gasteiger charge is -2.25. The maximum atomic E-state index is 12.4. The van der Waals surface area contributed by atoms with Crippen molar-refractivity contribution in [2.24, 2.45) is 5.73 Å². The molecule has 0 bridgehead atoms. The van der Waals surface area contributed by atoms with Crippen molar-refractivity contribution in [3.8, 4) is 0 Å². The fourth-order valence-corrected chi connectivity index (χ4v) is 2.43. The molecule has 2 heterocycles. The second-order valence-corrected chi connectivity index (χ2v) is 4.54. The van der Waals surface area contributed by atoms with Gasteiger partial charge in [0.2, 0.25) is 0 Å². The van der Waals surface area contributed by atoms with Crippen molar-refractivity contribution in [2.75, 3.05) is 6.54 Å². The predicted octanol–water partition coefficient (Wildman–Crippen LogP) is 1.38. The zero-order valence-electron chi connectivity index (χ0n) is 10.7. The first-order chi connectivity index (χ1) is 9.74. The van der Waals surface area contributed by atoms with Gasteiger partial charge in [-0.25, -0.2) is 0 Å². The first kappa shape index (κ1) is 12.5. The van der Waals surface area contributed by atoms with Crippen LogP contribution in [0.5, 0.6) is 0 Å². The SMILES string of the molecule is NCC(c1ccccc1)N1C(=O)c2cccnc2C1=O. The van der Waals surface area contributed by atoms with Gasteiger partial charge in [-0.2, -0.15) is 0 Å². The minimum Gasteiger partial charge on any atom is -0.328 e. The number of rotatable bonds is 3. The van der Waals surface area contributed by atoms with Crippen LogP contribution in [0.15, 0.2) is 48.7 Å². The highest BCUT2D eigenvalue weighted by atomic mass is 16.2. The lowest BCUT2D eigenvalue weighted by Crippen LogP contribution is -2.38. The van der Waals surface area contributed by atoms with Gasteiger partial charge in [0.25, 0.3) is 11.8 Å². The molecule has 0 aliphatic carbocycles. The summed E-state index contributed by atoms with van der Waals surface area (Å²) in [5.74, 6) is -0.720. The first-order valence-corrected chi connectivity index (χ1v) is 6.32. The van der Waals surface area contributed by atoms with Crippen LogP contribution in [-0.4, -0.2) is 28.2 Å². The van der Waals surface area contributed by atoms with E-state index in [9.17, 15) is 9.59 Å². The average molecular weight is 267 g/mol. The quantitative estimate of drug-likeness (QED) is 0.852. The fourth-order valence-electron chi connectivity index (χ4n) is 2.43. The summed E-state index contributed by atoms with van der Waals surface area (Å²) >= 11 is 0. The number of carbonyl (C=O) groups excluding carboxylic acids is 2. The van der Waals surface area contributed by atoms with Crippen LogP contribution in [0.2, 0.25) is 0 Å². The maximum Gasteiger partial charge on any atom is 0.280 e. The molecule has 0 saturated carbocycles. The van der Waals surface area contributed by atoms with Gasteiger partial charge in [-0.05, 0) is 17.7 Å². The zero-order chi connectivity index (χ0) is 14.1. The number of nitrogens with two attached hydrogens (primary N) is 1. The molecule has 1 aliphatic heterocycles. The third-order valence-corrected chi connectivity index (χ3v) is 3.40. The molecule has 1 unspecified atom stereocenters. The van der Waals surface area contributed by atoms with E-state index in [2.05, 4.69) is 4.98 Å². The van der Waals surface area contributed by atoms with Gasteiger partial charge < -0.3 is 5.73 Å². The molecule has 1 aromatic heterocycles. The molecular formula is C15H13N3O2. The summed E-state index contributed by atoms with van der Waals surface area (Å²) in [5, 5.41) is 0. The van der Waals surface area contributed by atoms with Crippen molar-refractivity contribution in [3.05, 3.63) is 65.5 Å². The summed E-state index contributed by atoms with van der Waals surface area (Å²) in [7, 11) is 0. The molecule has 0 saturated heterocycles. The molecule has 0 spiro atoms. The van der Waals surface area contributed by atoms with Crippen LogP contribution in [0.4, 0.5) is 0 Å². The lowest BCUT2D eigenvalue weighted by molar-refractivity contribution is 0.0585. The minimum absolute atomic E-state index is 0.176. The van der Waals surface area contributed by atoms with Crippen molar-refractivity contribution in [3.63, 3.8) is 0 Å². The van der Waals surface area contributed by atoms with Gasteiger partial charge in [-0.3, -0.25) is 19.5 Å². The molecule has 5 nitrogen and oxygen atoms in total. The molecule has 1 aliphatic rings. The van der Waals surface area contributed by atoms with Crippen molar-refractivity contribution < 1.29 is 9.59 Å². The Labute approximate surface area is 116 Å². The highest BCUT2D eigenvalue weighted by Crippen LogP contribution is 2.29. The Balaban J connectivity index is 2.03. The summed E-state index contributed by atoms with van der Waals surface area (Å²) in [6.45, 7) is 0.176. The fraction of sp³-hybridized carbons (Fsp3) is 0.133. The van der Waals surface area contributed by atoms with Crippen molar-refractivity contribution in [1.29, 1.82) is 0 Å². The smallest absolute Gasteiger partial charge is 0.280 e. The van der Waals surface area contributed by atoms with Crippen LogP contribution in [0.3, 0.4) is 0 Å². The van der Waals surface area contributed by atoms with Crippen molar-refractivity contribution in [1.82, 2.24) is 9.88 Å². The molecule has 2 aromatic rings. The third-order valence-electron chi connectivity index (χ3n) is 3.40. The van der Waals surface area contributed by atoms with E-state index in [1.54, 1.807) is 12.1 Å².